The van der Waals surface area contributed by atoms with Crippen molar-refractivity contribution in [3.8, 4) is 0 Å². The van der Waals surface area contributed by atoms with Crippen molar-refractivity contribution >= 4 is 5.78 Å². The molecular formula is C14H21NO3. The zero-order valence-electron chi connectivity index (χ0n) is 11.0. The van der Waals surface area contributed by atoms with E-state index in [0.29, 0.717) is 12.3 Å². The van der Waals surface area contributed by atoms with Crippen molar-refractivity contribution in [2.45, 2.75) is 45.4 Å². The van der Waals surface area contributed by atoms with Gasteiger partial charge in [-0.15, -0.1) is 0 Å². The molecule has 100 valence electrons. The number of oxazole rings is 1. The van der Waals surface area contributed by atoms with E-state index in [0.717, 1.165) is 51.1 Å². The fraction of sp³-hybridized carbons (Fsp3) is 0.714. The van der Waals surface area contributed by atoms with Gasteiger partial charge in [-0.3, -0.25) is 4.79 Å². The fourth-order valence-corrected chi connectivity index (χ4v) is 2.16. The Labute approximate surface area is 108 Å². The van der Waals surface area contributed by atoms with Crippen molar-refractivity contribution < 1.29 is 13.9 Å². The van der Waals surface area contributed by atoms with Gasteiger partial charge in [-0.25, -0.2) is 4.98 Å². The van der Waals surface area contributed by atoms with Gasteiger partial charge in [0.25, 0.3) is 5.89 Å². The molecule has 4 nitrogen and oxygen atoms in total. The molecule has 4 heteroatoms. The van der Waals surface area contributed by atoms with Crippen LogP contribution in [-0.2, 0) is 11.2 Å². The summed E-state index contributed by atoms with van der Waals surface area (Å²) in [7, 11) is 0. The Morgan fingerprint density at radius 2 is 2.44 bits per heavy atom. The summed E-state index contributed by atoms with van der Waals surface area (Å²) in [6.07, 6.45) is 7.20. The Morgan fingerprint density at radius 1 is 1.56 bits per heavy atom. The number of nitrogens with zero attached hydrogens (tertiary/aromatic N) is 1. The van der Waals surface area contributed by atoms with Crippen molar-refractivity contribution in [1.82, 2.24) is 4.98 Å². The summed E-state index contributed by atoms with van der Waals surface area (Å²) in [4.78, 5) is 16.0. The largest absolute Gasteiger partial charge is 0.439 e. The zero-order valence-corrected chi connectivity index (χ0v) is 11.0. The summed E-state index contributed by atoms with van der Waals surface area (Å²) >= 11 is 0. The minimum Gasteiger partial charge on any atom is -0.439 e. The average molecular weight is 251 g/mol. The van der Waals surface area contributed by atoms with Gasteiger partial charge in [-0.2, -0.15) is 0 Å². The quantitative estimate of drug-likeness (QED) is 0.699. The van der Waals surface area contributed by atoms with Gasteiger partial charge < -0.3 is 9.15 Å². The number of aromatic nitrogens is 1. The maximum Gasteiger partial charge on any atom is 0.263 e. The highest BCUT2D eigenvalue weighted by Crippen LogP contribution is 2.19. The molecule has 1 aromatic rings. The van der Waals surface area contributed by atoms with Crippen LogP contribution in [0.3, 0.4) is 0 Å². The maximum absolute atomic E-state index is 11.9. The summed E-state index contributed by atoms with van der Waals surface area (Å²) in [5, 5.41) is 0. The molecule has 2 heterocycles. The maximum atomic E-state index is 11.9. The molecule has 1 aliphatic heterocycles. The van der Waals surface area contributed by atoms with Crippen LogP contribution < -0.4 is 0 Å². The van der Waals surface area contributed by atoms with Gasteiger partial charge in [0.1, 0.15) is 5.76 Å². The standard InChI is InChI=1S/C14H21NO3/c1-2-3-4-12-9-15-14(18-12)13(16)6-5-11-7-8-17-10-11/h9,11H,2-8,10H2,1H3. The molecule has 1 atom stereocenters. The number of Topliss-reactive ketones (excluding diaryl/α,β-unsaturated/α-hetero) is 1. The minimum absolute atomic E-state index is 0.0182. The van der Waals surface area contributed by atoms with E-state index in [-0.39, 0.29) is 11.7 Å². The van der Waals surface area contributed by atoms with E-state index in [4.69, 9.17) is 9.15 Å². The number of carbonyl (C=O) groups is 1. The first kappa shape index (κ1) is 13.3. The average Bonchev–Trinajstić information content (AvgIpc) is 3.04. The van der Waals surface area contributed by atoms with Gasteiger partial charge in [0.2, 0.25) is 5.78 Å². The molecule has 0 N–H and O–H groups in total. The number of hydrogen-bond donors (Lipinski definition) is 0. The van der Waals surface area contributed by atoms with Crippen LogP contribution in [0.25, 0.3) is 0 Å². The Kier molecular flexibility index (Phi) is 4.93. The molecule has 18 heavy (non-hydrogen) atoms. The van der Waals surface area contributed by atoms with Crippen molar-refractivity contribution in [3.63, 3.8) is 0 Å². The minimum atomic E-state index is 0.0182. The van der Waals surface area contributed by atoms with Gasteiger partial charge in [0, 0.05) is 26.1 Å². The molecule has 2 rings (SSSR count). The van der Waals surface area contributed by atoms with Crippen LogP contribution in [0.4, 0.5) is 0 Å². The van der Waals surface area contributed by atoms with E-state index >= 15 is 0 Å². The lowest BCUT2D eigenvalue weighted by Crippen LogP contribution is -2.05. The molecule has 0 amide bonds. The first-order chi connectivity index (χ1) is 8.79. The molecule has 0 radical (unpaired) electrons. The number of rotatable bonds is 7. The molecule has 0 saturated carbocycles. The number of carbonyl (C=O) groups excluding carboxylic acids is 1. The third-order valence-electron chi connectivity index (χ3n) is 3.37. The lowest BCUT2D eigenvalue weighted by atomic mass is 10.0. The molecule has 1 aromatic heterocycles. The van der Waals surface area contributed by atoms with Crippen LogP contribution in [-0.4, -0.2) is 24.0 Å². The first-order valence-electron chi connectivity index (χ1n) is 6.85. The normalized spacial score (nSPS) is 19.3. The lowest BCUT2D eigenvalue weighted by Gasteiger charge is -2.04. The van der Waals surface area contributed by atoms with Crippen LogP contribution in [0, 0.1) is 5.92 Å². The van der Waals surface area contributed by atoms with E-state index in [1.165, 1.54) is 0 Å². The summed E-state index contributed by atoms with van der Waals surface area (Å²) < 4.78 is 10.8. The second kappa shape index (κ2) is 6.69. The lowest BCUT2D eigenvalue weighted by molar-refractivity contribution is 0.0936. The van der Waals surface area contributed by atoms with Crippen molar-refractivity contribution in [2.75, 3.05) is 13.2 Å². The summed E-state index contributed by atoms with van der Waals surface area (Å²) in [6, 6.07) is 0. The molecule has 0 aromatic carbocycles. The molecule has 0 spiro atoms. The Hall–Kier alpha value is -1.16. The Morgan fingerprint density at radius 3 is 3.17 bits per heavy atom. The van der Waals surface area contributed by atoms with Gasteiger partial charge in [0.05, 0.1) is 6.20 Å². The van der Waals surface area contributed by atoms with Crippen LogP contribution in [0.1, 0.15) is 55.5 Å². The van der Waals surface area contributed by atoms with Gasteiger partial charge >= 0.3 is 0 Å². The Balaban J connectivity index is 1.78. The SMILES string of the molecule is CCCCc1cnc(C(=O)CCC2CCOC2)o1. The number of aryl methyl sites for hydroxylation is 1. The molecule has 1 aliphatic rings. The topological polar surface area (TPSA) is 52.3 Å². The summed E-state index contributed by atoms with van der Waals surface area (Å²) in [5.74, 6) is 1.65. The zero-order chi connectivity index (χ0) is 12.8. The molecule has 1 fully saturated rings. The van der Waals surface area contributed by atoms with Crippen LogP contribution in [0.2, 0.25) is 0 Å². The highest BCUT2D eigenvalue weighted by atomic mass is 16.5. The summed E-state index contributed by atoms with van der Waals surface area (Å²) in [6.45, 7) is 3.76. The van der Waals surface area contributed by atoms with E-state index in [1.807, 2.05) is 0 Å². The first-order valence-corrected chi connectivity index (χ1v) is 6.85. The highest BCUT2D eigenvalue weighted by molar-refractivity contribution is 5.91. The predicted octanol–water partition coefficient (Wildman–Crippen LogP) is 3.02. The molecular weight excluding hydrogens is 230 g/mol. The smallest absolute Gasteiger partial charge is 0.263 e. The van der Waals surface area contributed by atoms with E-state index in [2.05, 4.69) is 11.9 Å². The number of unbranched alkanes of at least 4 members (excludes halogenated alkanes) is 1. The predicted molar refractivity (Wildman–Crippen MR) is 67.6 cm³/mol. The second-order valence-electron chi connectivity index (χ2n) is 4.93. The Bertz CT molecular complexity index is 380. The second-order valence-corrected chi connectivity index (χ2v) is 4.93. The monoisotopic (exact) mass is 251 g/mol. The van der Waals surface area contributed by atoms with Crippen molar-refractivity contribution in [2.24, 2.45) is 5.92 Å². The van der Waals surface area contributed by atoms with Crippen LogP contribution in [0.5, 0.6) is 0 Å². The van der Waals surface area contributed by atoms with Crippen molar-refractivity contribution in [3.05, 3.63) is 17.8 Å². The van der Waals surface area contributed by atoms with Crippen molar-refractivity contribution in [1.29, 1.82) is 0 Å². The number of ether oxygens (including phenoxy) is 1. The van der Waals surface area contributed by atoms with Gasteiger partial charge in [-0.1, -0.05) is 13.3 Å². The van der Waals surface area contributed by atoms with Gasteiger partial charge in [-0.05, 0) is 25.2 Å². The number of hydrogen-bond acceptors (Lipinski definition) is 4. The molecule has 1 saturated heterocycles. The van der Waals surface area contributed by atoms with Crippen LogP contribution in [0.15, 0.2) is 10.6 Å². The van der Waals surface area contributed by atoms with E-state index in [1.54, 1.807) is 6.20 Å². The van der Waals surface area contributed by atoms with Gasteiger partial charge in [0.15, 0.2) is 0 Å². The van der Waals surface area contributed by atoms with E-state index in [9.17, 15) is 4.79 Å². The van der Waals surface area contributed by atoms with E-state index < -0.39 is 0 Å². The molecule has 0 aliphatic carbocycles. The number of ketones is 1. The molecule has 1 unspecified atom stereocenters. The fourth-order valence-electron chi connectivity index (χ4n) is 2.16. The third kappa shape index (κ3) is 3.67. The third-order valence-corrected chi connectivity index (χ3v) is 3.37. The van der Waals surface area contributed by atoms with Crippen LogP contribution >= 0.6 is 0 Å². The highest BCUT2D eigenvalue weighted by Gasteiger charge is 2.19. The molecule has 0 bridgehead atoms. The summed E-state index contributed by atoms with van der Waals surface area (Å²) in [5.41, 5.74) is 0.